The zero-order valence-corrected chi connectivity index (χ0v) is 9.93. The molecule has 1 heterocycles. The smallest absolute Gasteiger partial charge is 0.0605 e. The molecule has 1 aromatic rings. The van der Waals surface area contributed by atoms with Crippen LogP contribution in [0.15, 0.2) is 29.2 Å². The summed E-state index contributed by atoms with van der Waals surface area (Å²) in [6.07, 6.45) is 10.2. The molecule has 1 aromatic heterocycles. The van der Waals surface area contributed by atoms with Crippen LogP contribution in [0.4, 0.5) is 0 Å². The molecule has 15 heavy (non-hydrogen) atoms. The van der Waals surface area contributed by atoms with Crippen LogP contribution in [-0.2, 0) is 0 Å². The van der Waals surface area contributed by atoms with Crippen LogP contribution in [0.1, 0.15) is 49.4 Å². The van der Waals surface area contributed by atoms with E-state index in [4.69, 9.17) is 5.73 Å². The van der Waals surface area contributed by atoms with Crippen molar-refractivity contribution in [1.29, 1.82) is 0 Å². The molecule has 0 radical (unpaired) electrons. The van der Waals surface area contributed by atoms with E-state index in [0.29, 0.717) is 0 Å². The van der Waals surface area contributed by atoms with E-state index in [-0.39, 0.29) is 6.04 Å². The van der Waals surface area contributed by atoms with E-state index < -0.39 is 0 Å². The third-order valence-corrected chi connectivity index (χ3v) is 4.03. The first-order chi connectivity index (χ1) is 7.38. The molecular formula is C13H19NS. The summed E-state index contributed by atoms with van der Waals surface area (Å²) >= 11 is 1.77. The highest BCUT2D eigenvalue weighted by Gasteiger charge is 2.13. The Morgan fingerprint density at radius 3 is 2.87 bits per heavy atom. The van der Waals surface area contributed by atoms with Crippen LogP contribution in [0.25, 0.3) is 0 Å². The summed E-state index contributed by atoms with van der Waals surface area (Å²) in [5.74, 6) is 0. The third kappa shape index (κ3) is 2.93. The van der Waals surface area contributed by atoms with E-state index in [9.17, 15) is 0 Å². The van der Waals surface area contributed by atoms with Crippen LogP contribution < -0.4 is 5.73 Å². The molecule has 2 rings (SSSR count). The summed E-state index contributed by atoms with van der Waals surface area (Å²) in [6.45, 7) is 0. The van der Waals surface area contributed by atoms with Crippen molar-refractivity contribution in [3.05, 3.63) is 34.0 Å². The van der Waals surface area contributed by atoms with Gasteiger partial charge in [0, 0.05) is 4.88 Å². The zero-order valence-electron chi connectivity index (χ0n) is 9.11. The Hall–Kier alpha value is -0.600. The maximum Gasteiger partial charge on any atom is 0.0605 e. The van der Waals surface area contributed by atoms with Gasteiger partial charge in [-0.3, -0.25) is 0 Å². The molecule has 0 saturated heterocycles. The van der Waals surface area contributed by atoms with Gasteiger partial charge in [-0.25, -0.2) is 0 Å². The Labute approximate surface area is 96.0 Å². The Morgan fingerprint density at radius 1 is 1.20 bits per heavy atom. The first-order valence-corrected chi connectivity index (χ1v) is 6.74. The van der Waals surface area contributed by atoms with E-state index >= 15 is 0 Å². The quantitative estimate of drug-likeness (QED) is 0.750. The molecule has 0 spiro atoms. The zero-order chi connectivity index (χ0) is 10.5. The lowest BCUT2D eigenvalue weighted by Gasteiger charge is -2.17. The lowest BCUT2D eigenvalue weighted by molar-refractivity contribution is 0.604. The van der Waals surface area contributed by atoms with Gasteiger partial charge < -0.3 is 5.73 Å². The molecule has 2 N–H and O–H groups in total. The summed E-state index contributed by atoms with van der Waals surface area (Å²) in [5.41, 5.74) is 7.73. The van der Waals surface area contributed by atoms with Gasteiger partial charge >= 0.3 is 0 Å². The van der Waals surface area contributed by atoms with Crippen LogP contribution >= 0.6 is 11.3 Å². The summed E-state index contributed by atoms with van der Waals surface area (Å²) in [4.78, 5) is 1.31. The second kappa shape index (κ2) is 5.47. The molecule has 0 fully saturated rings. The number of rotatable bonds is 2. The van der Waals surface area contributed by atoms with Crippen LogP contribution in [0.3, 0.4) is 0 Å². The maximum absolute atomic E-state index is 6.28. The number of thiophene rings is 1. The number of hydrogen-bond acceptors (Lipinski definition) is 2. The summed E-state index contributed by atoms with van der Waals surface area (Å²) < 4.78 is 0. The molecule has 0 bridgehead atoms. The van der Waals surface area contributed by atoms with Gasteiger partial charge in [-0.2, -0.15) is 0 Å². The molecule has 0 aliphatic heterocycles. The van der Waals surface area contributed by atoms with Gasteiger partial charge in [0.05, 0.1) is 6.04 Å². The molecule has 82 valence electrons. The number of hydrogen-bond donors (Lipinski definition) is 1. The molecule has 1 aliphatic carbocycles. The van der Waals surface area contributed by atoms with Crippen LogP contribution in [-0.4, -0.2) is 0 Å². The fourth-order valence-corrected chi connectivity index (χ4v) is 2.92. The van der Waals surface area contributed by atoms with Crippen molar-refractivity contribution in [1.82, 2.24) is 0 Å². The standard InChI is InChI=1S/C13H19NS/c14-13(12-9-6-10-15-12)11-7-4-2-1-3-5-8-11/h6-7,9-10,13H,1-5,8,14H2/b11-7+. The number of nitrogens with two attached hydrogens (primary N) is 1. The van der Waals surface area contributed by atoms with Gasteiger partial charge in [0.25, 0.3) is 0 Å². The molecule has 1 aliphatic rings. The lowest BCUT2D eigenvalue weighted by Crippen LogP contribution is -2.12. The fraction of sp³-hybridized carbons (Fsp3) is 0.538. The minimum Gasteiger partial charge on any atom is -0.320 e. The predicted molar refractivity (Wildman–Crippen MR) is 67.0 cm³/mol. The average Bonchev–Trinajstić information content (AvgIpc) is 2.68. The Kier molecular flexibility index (Phi) is 3.98. The molecule has 1 unspecified atom stereocenters. The molecule has 1 nitrogen and oxygen atoms in total. The van der Waals surface area contributed by atoms with E-state index in [1.54, 1.807) is 11.3 Å². The molecule has 0 aromatic carbocycles. The molecule has 1 atom stereocenters. The van der Waals surface area contributed by atoms with Gasteiger partial charge in [0.2, 0.25) is 0 Å². The van der Waals surface area contributed by atoms with Gasteiger partial charge in [-0.15, -0.1) is 11.3 Å². The maximum atomic E-state index is 6.28. The van der Waals surface area contributed by atoms with Crippen LogP contribution in [0, 0.1) is 0 Å². The second-order valence-corrected chi connectivity index (χ2v) is 5.20. The van der Waals surface area contributed by atoms with E-state index in [2.05, 4.69) is 23.6 Å². The van der Waals surface area contributed by atoms with Crippen molar-refractivity contribution >= 4 is 11.3 Å². The third-order valence-electron chi connectivity index (χ3n) is 3.08. The first-order valence-electron chi connectivity index (χ1n) is 5.86. The summed E-state index contributed by atoms with van der Waals surface area (Å²) in [5, 5.41) is 2.11. The highest BCUT2D eigenvalue weighted by molar-refractivity contribution is 7.10. The highest BCUT2D eigenvalue weighted by atomic mass is 32.1. The molecule has 0 saturated carbocycles. The summed E-state index contributed by atoms with van der Waals surface area (Å²) in [7, 11) is 0. The lowest BCUT2D eigenvalue weighted by atomic mass is 9.95. The van der Waals surface area contributed by atoms with Crippen molar-refractivity contribution < 1.29 is 0 Å². The predicted octanol–water partition coefficient (Wildman–Crippen LogP) is 4.03. The SMILES string of the molecule is NC(/C1=C/CCCCCC1)c1cccs1. The highest BCUT2D eigenvalue weighted by Crippen LogP contribution is 2.29. The first kappa shape index (κ1) is 10.9. The topological polar surface area (TPSA) is 26.0 Å². The average molecular weight is 221 g/mol. The number of allylic oxidation sites excluding steroid dienone is 1. The van der Waals surface area contributed by atoms with Crippen molar-refractivity contribution in [2.24, 2.45) is 5.73 Å². The van der Waals surface area contributed by atoms with Gasteiger partial charge in [0.15, 0.2) is 0 Å². The van der Waals surface area contributed by atoms with E-state index in [1.807, 2.05) is 0 Å². The van der Waals surface area contributed by atoms with Crippen molar-refractivity contribution in [2.75, 3.05) is 0 Å². The Balaban J connectivity index is 2.07. The largest absolute Gasteiger partial charge is 0.320 e. The molecule has 0 amide bonds. The van der Waals surface area contributed by atoms with Gasteiger partial charge in [0.1, 0.15) is 0 Å². The van der Waals surface area contributed by atoms with Crippen LogP contribution in [0.2, 0.25) is 0 Å². The fourth-order valence-electron chi connectivity index (χ4n) is 2.15. The van der Waals surface area contributed by atoms with Gasteiger partial charge in [-0.1, -0.05) is 30.6 Å². The van der Waals surface area contributed by atoms with Crippen molar-refractivity contribution in [3.63, 3.8) is 0 Å². The van der Waals surface area contributed by atoms with Crippen molar-refractivity contribution in [3.8, 4) is 0 Å². The minimum atomic E-state index is 0.156. The monoisotopic (exact) mass is 221 g/mol. The normalized spacial score (nSPS) is 23.7. The van der Waals surface area contributed by atoms with E-state index in [1.165, 1.54) is 49.0 Å². The molecular weight excluding hydrogens is 202 g/mol. The Bertz CT molecular complexity index is 313. The molecule has 2 heteroatoms. The second-order valence-electron chi connectivity index (χ2n) is 4.23. The van der Waals surface area contributed by atoms with Crippen molar-refractivity contribution in [2.45, 2.75) is 44.6 Å². The Morgan fingerprint density at radius 2 is 2.07 bits per heavy atom. The summed E-state index contributed by atoms with van der Waals surface area (Å²) in [6, 6.07) is 4.39. The minimum absolute atomic E-state index is 0.156. The van der Waals surface area contributed by atoms with Gasteiger partial charge in [-0.05, 0) is 37.1 Å². The van der Waals surface area contributed by atoms with E-state index in [0.717, 1.165) is 0 Å². The van der Waals surface area contributed by atoms with Crippen LogP contribution in [0.5, 0.6) is 0 Å².